The number of aryl methyl sites for hydroxylation is 2. The molecule has 1 saturated heterocycles. The van der Waals surface area contributed by atoms with Gasteiger partial charge in [-0.15, -0.1) is 0 Å². The normalized spacial score (nSPS) is 15.5. The third-order valence-electron chi connectivity index (χ3n) is 5.49. The molecule has 0 aliphatic carbocycles. The number of carbonyl (C=O) groups is 1. The van der Waals surface area contributed by atoms with Crippen LogP contribution in [-0.4, -0.2) is 40.2 Å². The molecule has 0 saturated carbocycles. The van der Waals surface area contributed by atoms with Crippen molar-refractivity contribution < 1.29 is 13.7 Å². The summed E-state index contributed by atoms with van der Waals surface area (Å²) in [5, 5.41) is 8.12. The molecule has 0 bridgehead atoms. The monoisotopic (exact) mass is 411 g/mol. The lowest BCUT2D eigenvalue weighted by atomic mass is 10.1. The summed E-state index contributed by atoms with van der Waals surface area (Å²) in [6, 6.07) is 3.76. The van der Waals surface area contributed by atoms with Gasteiger partial charge in [0.05, 0.1) is 12.0 Å². The van der Waals surface area contributed by atoms with Gasteiger partial charge in [-0.3, -0.25) is 4.79 Å². The number of piperidine rings is 1. The van der Waals surface area contributed by atoms with Crippen molar-refractivity contribution >= 4 is 22.8 Å². The van der Waals surface area contributed by atoms with Crippen LogP contribution < -0.4 is 10.2 Å². The molecule has 4 heterocycles. The Morgan fingerprint density at radius 3 is 2.83 bits per heavy atom. The summed E-state index contributed by atoms with van der Waals surface area (Å²) in [7, 11) is 0. The number of fused-ring (bicyclic) bond motifs is 1. The van der Waals surface area contributed by atoms with E-state index >= 15 is 0 Å². The van der Waals surface area contributed by atoms with Crippen LogP contribution in [0.2, 0.25) is 0 Å². The van der Waals surface area contributed by atoms with Gasteiger partial charge >= 0.3 is 0 Å². The molecular weight excluding hydrogens is 382 g/mol. The summed E-state index contributed by atoms with van der Waals surface area (Å²) in [6.07, 6.45) is 7.42. The number of hydrogen-bond donors (Lipinski definition) is 1. The number of nitrogens with one attached hydrogen (secondary N) is 1. The lowest BCUT2D eigenvalue weighted by Crippen LogP contribution is -2.34. The van der Waals surface area contributed by atoms with Gasteiger partial charge in [-0.1, -0.05) is 12.1 Å². The molecule has 0 radical (unpaired) electrons. The molecule has 1 aliphatic rings. The lowest BCUT2D eigenvalue weighted by molar-refractivity contribution is -0.121. The fraction of sp³-hybridized carbons (Fsp3) is 0.545. The first-order valence-corrected chi connectivity index (χ1v) is 10.9. The zero-order valence-electron chi connectivity index (χ0n) is 17.7. The average Bonchev–Trinajstić information content (AvgIpc) is 3.41. The molecule has 3 aromatic heterocycles. The molecule has 4 rings (SSSR count). The number of anilines is 1. The van der Waals surface area contributed by atoms with Gasteiger partial charge < -0.3 is 19.2 Å². The van der Waals surface area contributed by atoms with Crippen LogP contribution in [0.4, 0.5) is 5.82 Å². The van der Waals surface area contributed by atoms with E-state index < -0.39 is 0 Å². The molecule has 1 fully saturated rings. The van der Waals surface area contributed by atoms with Gasteiger partial charge in [0.15, 0.2) is 0 Å². The van der Waals surface area contributed by atoms with E-state index in [0.29, 0.717) is 30.8 Å². The van der Waals surface area contributed by atoms with Crippen molar-refractivity contribution in [2.24, 2.45) is 0 Å². The maximum atomic E-state index is 12.4. The molecule has 160 valence electrons. The number of hydrogen-bond acceptors (Lipinski definition) is 7. The van der Waals surface area contributed by atoms with Crippen LogP contribution in [0.15, 0.2) is 27.3 Å². The van der Waals surface area contributed by atoms with Gasteiger partial charge in [-0.05, 0) is 44.7 Å². The van der Waals surface area contributed by atoms with Crippen LogP contribution in [0.3, 0.4) is 0 Å². The summed E-state index contributed by atoms with van der Waals surface area (Å²) >= 11 is 0. The Morgan fingerprint density at radius 1 is 1.27 bits per heavy atom. The molecule has 30 heavy (non-hydrogen) atoms. The van der Waals surface area contributed by atoms with Gasteiger partial charge in [-0.25, -0.2) is 4.98 Å². The first kappa shape index (κ1) is 20.4. The van der Waals surface area contributed by atoms with E-state index in [4.69, 9.17) is 13.9 Å². The van der Waals surface area contributed by atoms with Crippen LogP contribution in [0, 0.1) is 0 Å². The quantitative estimate of drug-likeness (QED) is 0.606. The Bertz CT molecular complexity index is 976. The Kier molecular flexibility index (Phi) is 6.30. The van der Waals surface area contributed by atoms with Crippen molar-refractivity contribution in [2.45, 2.75) is 64.8 Å². The fourth-order valence-corrected chi connectivity index (χ4v) is 3.98. The summed E-state index contributed by atoms with van der Waals surface area (Å²) in [4.78, 5) is 24.1. The van der Waals surface area contributed by atoms with Crippen LogP contribution in [0.1, 0.15) is 56.8 Å². The number of amides is 1. The number of aromatic nitrogens is 3. The average molecular weight is 412 g/mol. The second kappa shape index (κ2) is 9.28. The Morgan fingerprint density at radius 2 is 2.10 bits per heavy atom. The topological polar surface area (TPSA) is 97.3 Å². The molecule has 1 N–H and O–H groups in total. The van der Waals surface area contributed by atoms with Gasteiger partial charge in [0.25, 0.3) is 5.71 Å². The first-order valence-electron chi connectivity index (χ1n) is 10.9. The van der Waals surface area contributed by atoms with Crippen molar-refractivity contribution in [2.75, 3.05) is 18.0 Å². The predicted octanol–water partition coefficient (Wildman–Crippen LogP) is 3.44. The maximum Gasteiger partial charge on any atom is 0.263 e. The number of carbonyl (C=O) groups excluding carboxylic acids is 1. The standard InChI is InChI=1S/C22H29N5O3/c1-3-17-20-21(27-11-5-4-6-12-27)24-18(25-22(20)30-26-17)9-10-19(28)23-15(2)14-16-8-7-13-29-16/h7-8,13,15H,3-6,9-12,14H2,1-2H3,(H,23,28)/t15-/m1/s1. The highest BCUT2D eigenvalue weighted by Crippen LogP contribution is 2.29. The van der Waals surface area contributed by atoms with Crippen LogP contribution in [0.5, 0.6) is 0 Å². The Balaban J connectivity index is 1.45. The van der Waals surface area contributed by atoms with E-state index in [9.17, 15) is 4.79 Å². The number of furan rings is 1. The molecule has 0 spiro atoms. The van der Waals surface area contributed by atoms with Gasteiger partial charge in [0.1, 0.15) is 22.8 Å². The molecular formula is C22H29N5O3. The molecule has 8 heteroatoms. The zero-order chi connectivity index (χ0) is 20.9. The van der Waals surface area contributed by atoms with Gasteiger partial charge in [-0.2, -0.15) is 4.98 Å². The highest BCUT2D eigenvalue weighted by molar-refractivity contribution is 5.88. The molecule has 8 nitrogen and oxygen atoms in total. The minimum Gasteiger partial charge on any atom is -0.469 e. The summed E-state index contributed by atoms with van der Waals surface area (Å²) < 4.78 is 10.8. The van der Waals surface area contributed by atoms with E-state index in [1.54, 1.807) is 6.26 Å². The minimum absolute atomic E-state index is 0.00246. The second-order valence-electron chi connectivity index (χ2n) is 7.93. The maximum absolute atomic E-state index is 12.4. The zero-order valence-corrected chi connectivity index (χ0v) is 17.7. The van der Waals surface area contributed by atoms with Gasteiger partial charge in [0.2, 0.25) is 5.91 Å². The van der Waals surface area contributed by atoms with E-state index in [1.807, 2.05) is 19.1 Å². The molecule has 0 aromatic carbocycles. The van der Waals surface area contributed by atoms with Crippen molar-refractivity contribution in [1.82, 2.24) is 20.4 Å². The molecule has 1 amide bonds. The molecule has 3 aromatic rings. The number of nitrogens with zero attached hydrogens (tertiary/aromatic N) is 4. The van der Waals surface area contributed by atoms with E-state index in [1.165, 1.54) is 6.42 Å². The van der Waals surface area contributed by atoms with E-state index in [-0.39, 0.29) is 11.9 Å². The third-order valence-corrected chi connectivity index (χ3v) is 5.49. The number of rotatable bonds is 8. The summed E-state index contributed by atoms with van der Waals surface area (Å²) in [5.41, 5.74) is 1.41. The summed E-state index contributed by atoms with van der Waals surface area (Å²) in [5.74, 6) is 2.36. The van der Waals surface area contributed by atoms with Crippen molar-refractivity contribution in [1.29, 1.82) is 0 Å². The smallest absolute Gasteiger partial charge is 0.263 e. The van der Waals surface area contributed by atoms with Crippen LogP contribution in [0.25, 0.3) is 11.1 Å². The minimum atomic E-state index is -0.0240. The molecule has 1 atom stereocenters. The van der Waals surface area contributed by atoms with Gasteiger partial charge in [0, 0.05) is 38.4 Å². The van der Waals surface area contributed by atoms with Crippen molar-refractivity contribution in [3.05, 3.63) is 35.7 Å². The largest absolute Gasteiger partial charge is 0.469 e. The SMILES string of the molecule is CCc1noc2nc(CCC(=O)N[C@H](C)Cc3ccco3)nc(N3CCCCC3)c12. The first-order chi connectivity index (χ1) is 14.6. The summed E-state index contributed by atoms with van der Waals surface area (Å²) in [6.45, 7) is 5.98. The van der Waals surface area contributed by atoms with Crippen molar-refractivity contribution in [3.8, 4) is 0 Å². The molecule has 0 unspecified atom stereocenters. The van der Waals surface area contributed by atoms with Crippen LogP contribution >= 0.6 is 0 Å². The highest BCUT2D eigenvalue weighted by Gasteiger charge is 2.22. The predicted molar refractivity (Wildman–Crippen MR) is 113 cm³/mol. The second-order valence-corrected chi connectivity index (χ2v) is 7.93. The van der Waals surface area contributed by atoms with Crippen molar-refractivity contribution in [3.63, 3.8) is 0 Å². The Hall–Kier alpha value is -2.90. The Labute approximate surface area is 176 Å². The lowest BCUT2D eigenvalue weighted by Gasteiger charge is -2.28. The van der Waals surface area contributed by atoms with E-state index in [0.717, 1.165) is 55.0 Å². The van der Waals surface area contributed by atoms with Crippen LogP contribution in [-0.2, 0) is 24.1 Å². The third kappa shape index (κ3) is 4.63. The highest BCUT2D eigenvalue weighted by atomic mass is 16.5. The molecule has 1 aliphatic heterocycles. The van der Waals surface area contributed by atoms with E-state index in [2.05, 4.69) is 27.3 Å². The fourth-order valence-electron chi connectivity index (χ4n) is 3.98.